The summed E-state index contributed by atoms with van der Waals surface area (Å²) in [5, 5.41) is 7.05. The summed E-state index contributed by atoms with van der Waals surface area (Å²) in [7, 11) is 0. The monoisotopic (exact) mass is 197 g/mol. The number of nitrogens with one attached hydrogen (secondary N) is 2. The molecule has 1 heterocycles. The van der Waals surface area contributed by atoms with Gasteiger partial charge in [0, 0.05) is 32.2 Å². The number of hydrogen-bond acceptors (Lipinski definition) is 3. The summed E-state index contributed by atoms with van der Waals surface area (Å²) < 4.78 is 0. The largest absolute Gasteiger partial charge is 0.315 e. The number of hydrogen-bond donors (Lipinski definition) is 2. The van der Waals surface area contributed by atoms with Gasteiger partial charge in [-0.2, -0.15) is 0 Å². The van der Waals surface area contributed by atoms with Crippen molar-refractivity contribution >= 4 is 0 Å². The van der Waals surface area contributed by atoms with Crippen LogP contribution in [0.25, 0.3) is 0 Å². The summed E-state index contributed by atoms with van der Waals surface area (Å²) in [5.41, 5.74) is 0. The molecule has 2 rings (SSSR count). The zero-order valence-electron chi connectivity index (χ0n) is 9.26. The Bertz CT molecular complexity index is 164. The fourth-order valence-electron chi connectivity index (χ4n) is 2.14. The molecule has 0 radical (unpaired) electrons. The number of nitrogens with zero attached hydrogens (tertiary/aromatic N) is 1. The van der Waals surface area contributed by atoms with Crippen LogP contribution in [0.3, 0.4) is 0 Å². The summed E-state index contributed by atoms with van der Waals surface area (Å²) in [6, 6.07) is 0.833. The second-order valence-electron chi connectivity index (χ2n) is 4.72. The Morgan fingerprint density at radius 1 is 1.36 bits per heavy atom. The van der Waals surface area contributed by atoms with Crippen LogP contribution in [0.4, 0.5) is 0 Å². The molecule has 14 heavy (non-hydrogen) atoms. The van der Waals surface area contributed by atoms with E-state index in [4.69, 9.17) is 0 Å². The lowest BCUT2D eigenvalue weighted by atomic mass is 10.4. The molecule has 1 saturated carbocycles. The van der Waals surface area contributed by atoms with Gasteiger partial charge in [0.2, 0.25) is 0 Å². The van der Waals surface area contributed by atoms with Gasteiger partial charge in [-0.1, -0.05) is 6.92 Å². The van der Waals surface area contributed by atoms with Crippen LogP contribution in [0.2, 0.25) is 0 Å². The molecule has 0 bridgehead atoms. The van der Waals surface area contributed by atoms with Crippen molar-refractivity contribution in [3.05, 3.63) is 0 Å². The Kier molecular flexibility index (Phi) is 3.79. The first-order valence-electron chi connectivity index (χ1n) is 6.03. The predicted octanol–water partition coefficient (Wildman–Crippen LogP) is 0.280. The van der Waals surface area contributed by atoms with E-state index in [9.17, 15) is 0 Å². The molecule has 2 fully saturated rings. The minimum Gasteiger partial charge on any atom is -0.315 e. The molecule has 0 amide bonds. The van der Waals surface area contributed by atoms with E-state index < -0.39 is 0 Å². The molecule has 2 aliphatic rings. The third kappa shape index (κ3) is 3.23. The van der Waals surface area contributed by atoms with Crippen molar-refractivity contribution in [2.45, 2.75) is 25.8 Å². The maximum Gasteiger partial charge on any atom is 0.0107 e. The normalized spacial score (nSPS) is 34.1. The molecule has 0 aromatic rings. The lowest BCUT2D eigenvalue weighted by Crippen LogP contribution is -2.35. The lowest BCUT2D eigenvalue weighted by molar-refractivity contribution is 0.290. The molecule has 0 spiro atoms. The fourth-order valence-corrected chi connectivity index (χ4v) is 2.14. The van der Waals surface area contributed by atoms with Crippen LogP contribution in [0.15, 0.2) is 0 Å². The minimum atomic E-state index is 0.833. The highest BCUT2D eigenvalue weighted by Gasteiger charge is 2.31. The highest BCUT2D eigenvalue weighted by atomic mass is 15.2. The average Bonchev–Trinajstić information content (AvgIpc) is 2.91. The lowest BCUT2D eigenvalue weighted by Gasteiger charge is -2.19. The van der Waals surface area contributed by atoms with Gasteiger partial charge < -0.3 is 15.5 Å². The molecule has 1 aliphatic carbocycles. The Morgan fingerprint density at radius 2 is 2.21 bits per heavy atom. The van der Waals surface area contributed by atoms with Crippen LogP contribution in [0, 0.1) is 5.92 Å². The van der Waals surface area contributed by atoms with Crippen molar-refractivity contribution in [2.24, 2.45) is 5.92 Å². The van der Waals surface area contributed by atoms with E-state index in [1.807, 2.05) is 0 Å². The fraction of sp³-hybridized carbons (Fsp3) is 1.00. The van der Waals surface area contributed by atoms with E-state index >= 15 is 0 Å². The van der Waals surface area contributed by atoms with Gasteiger partial charge in [0.05, 0.1) is 0 Å². The van der Waals surface area contributed by atoms with Crippen LogP contribution in [-0.2, 0) is 0 Å². The Morgan fingerprint density at radius 3 is 3.00 bits per heavy atom. The van der Waals surface area contributed by atoms with Crippen LogP contribution in [-0.4, -0.2) is 50.2 Å². The molecular weight excluding hydrogens is 174 g/mol. The quantitative estimate of drug-likeness (QED) is 0.678. The maximum absolute atomic E-state index is 3.61. The van der Waals surface area contributed by atoms with Gasteiger partial charge in [-0.15, -0.1) is 0 Å². The van der Waals surface area contributed by atoms with E-state index in [1.54, 1.807) is 0 Å². The molecule has 1 aliphatic heterocycles. The summed E-state index contributed by atoms with van der Waals surface area (Å²) in [6.45, 7) is 9.59. The van der Waals surface area contributed by atoms with Crippen LogP contribution in [0.1, 0.15) is 19.8 Å². The highest BCUT2D eigenvalue weighted by molar-refractivity contribution is 4.89. The predicted molar refractivity (Wildman–Crippen MR) is 59.5 cm³/mol. The van der Waals surface area contributed by atoms with Crippen molar-refractivity contribution in [1.29, 1.82) is 0 Å². The summed E-state index contributed by atoms with van der Waals surface area (Å²) >= 11 is 0. The summed E-state index contributed by atoms with van der Waals surface area (Å²) in [6.07, 6.45) is 2.70. The Hall–Kier alpha value is -0.120. The van der Waals surface area contributed by atoms with Gasteiger partial charge in [-0.25, -0.2) is 0 Å². The second-order valence-corrected chi connectivity index (χ2v) is 4.72. The zero-order valence-corrected chi connectivity index (χ0v) is 9.26. The smallest absolute Gasteiger partial charge is 0.0107 e. The van der Waals surface area contributed by atoms with Crippen LogP contribution in [0.5, 0.6) is 0 Å². The summed E-state index contributed by atoms with van der Waals surface area (Å²) in [4.78, 5) is 2.57. The van der Waals surface area contributed by atoms with Crippen molar-refractivity contribution in [3.8, 4) is 0 Å². The molecule has 2 atom stereocenters. The maximum atomic E-state index is 3.61. The highest BCUT2D eigenvalue weighted by Crippen LogP contribution is 2.28. The van der Waals surface area contributed by atoms with Crippen molar-refractivity contribution in [2.75, 3.05) is 39.3 Å². The van der Waals surface area contributed by atoms with Crippen LogP contribution < -0.4 is 10.6 Å². The van der Waals surface area contributed by atoms with Gasteiger partial charge >= 0.3 is 0 Å². The molecule has 0 aromatic heterocycles. The topological polar surface area (TPSA) is 27.3 Å². The third-order valence-electron chi connectivity index (χ3n) is 3.38. The third-order valence-corrected chi connectivity index (χ3v) is 3.38. The van der Waals surface area contributed by atoms with Gasteiger partial charge in [-0.05, 0) is 31.8 Å². The molecule has 0 aromatic carbocycles. The molecule has 82 valence electrons. The standard InChI is InChI=1S/C11H23N3/c1-10-9-11(10)13-5-8-14-6-2-3-12-4-7-14/h10-13H,2-9H2,1H3. The Balaban J connectivity index is 1.54. The van der Waals surface area contributed by atoms with Gasteiger partial charge in [-0.3, -0.25) is 0 Å². The van der Waals surface area contributed by atoms with Crippen LogP contribution >= 0.6 is 0 Å². The van der Waals surface area contributed by atoms with E-state index in [-0.39, 0.29) is 0 Å². The first-order chi connectivity index (χ1) is 6.86. The average molecular weight is 197 g/mol. The first-order valence-corrected chi connectivity index (χ1v) is 6.03. The molecular formula is C11H23N3. The van der Waals surface area contributed by atoms with Gasteiger partial charge in [0.25, 0.3) is 0 Å². The van der Waals surface area contributed by atoms with Gasteiger partial charge in [0.15, 0.2) is 0 Å². The molecule has 2 N–H and O–H groups in total. The minimum absolute atomic E-state index is 0.833. The zero-order chi connectivity index (χ0) is 9.80. The molecule has 1 saturated heterocycles. The Labute approximate surface area is 87.2 Å². The second kappa shape index (κ2) is 5.10. The van der Waals surface area contributed by atoms with E-state index in [0.717, 1.165) is 12.0 Å². The molecule has 2 unspecified atom stereocenters. The molecule has 3 nitrogen and oxygen atoms in total. The number of rotatable bonds is 4. The van der Waals surface area contributed by atoms with Crippen molar-refractivity contribution in [3.63, 3.8) is 0 Å². The van der Waals surface area contributed by atoms with E-state index in [0.29, 0.717) is 0 Å². The van der Waals surface area contributed by atoms with E-state index in [2.05, 4.69) is 22.5 Å². The van der Waals surface area contributed by atoms with Gasteiger partial charge in [0.1, 0.15) is 0 Å². The van der Waals surface area contributed by atoms with E-state index in [1.165, 1.54) is 52.1 Å². The summed E-state index contributed by atoms with van der Waals surface area (Å²) in [5.74, 6) is 0.931. The molecule has 3 heteroatoms. The first kappa shape index (κ1) is 10.4. The van der Waals surface area contributed by atoms with Crippen molar-refractivity contribution in [1.82, 2.24) is 15.5 Å². The SMILES string of the molecule is CC1CC1NCCN1CCCNCC1. The van der Waals surface area contributed by atoms with Crippen molar-refractivity contribution < 1.29 is 0 Å².